The van der Waals surface area contributed by atoms with Gasteiger partial charge in [-0.2, -0.15) is 0 Å². The molecule has 1 aromatic carbocycles. The molecule has 0 aromatic heterocycles. The summed E-state index contributed by atoms with van der Waals surface area (Å²) in [5, 5.41) is 3.20. The van der Waals surface area contributed by atoms with E-state index in [-0.39, 0.29) is 11.4 Å². The number of benzene rings is 1. The third-order valence-corrected chi connectivity index (χ3v) is 5.62. The van der Waals surface area contributed by atoms with Gasteiger partial charge in [0.15, 0.2) is 0 Å². The number of hydrogen-bond donors (Lipinski definition) is 1. The van der Waals surface area contributed by atoms with Crippen molar-refractivity contribution in [1.29, 1.82) is 0 Å². The first-order valence-electron chi connectivity index (χ1n) is 9.16. The van der Waals surface area contributed by atoms with Crippen molar-refractivity contribution in [3.8, 4) is 0 Å². The number of carbonyl (C=O) groups is 1. The van der Waals surface area contributed by atoms with Crippen molar-refractivity contribution >= 4 is 5.91 Å². The van der Waals surface area contributed by atoms with E-state index in [1.165, 1.54) is 43.5 Å². The number of rotatable bonds is 5. The maximum atomic E-state index is 12.4. The van der Waals surface area contributed by atoms with Gasteiger partial charge in [0.2, 0.25) is 5.91 Å². The van der Waals surface area contributed by atoms with Crippen LogP contribution in [0.3, 0.4) is 0 Å². The van der Waals surface area contributed by atoms with E-state index in [2.05, 4.69) is 48.3 Å². The Bertz CT molecular complexity index is 546. The highest BCUT2D eigenvalue weighted by Crippen LogP contribution is 2.35. The molecule has 23 heavy (non-hydrogen) atoms. The van der Waals surface area contributed by atoms with Gasteiger partial charge in [0, 0.05) is 18.5 Å². The van der Waals surface area contributed by atoms with Crippen molar-refractivity contribution in [3.05, 3.63) is 35.4 Å². The Labute approximate surface area is 140 Å². The monoisotopic (exact) mass is 314 g/mol. The maximum Gasteiger partial charge on any atom is 0.220 e. The number of amides is 1. The zero-order valence-electron chi connectivity index (χ0n) is 14.6. The smallest absolute Gasteiger partial charge is 0.220 e. The number of aryl methyl sites for hydroxylation is 1. The molecule has 1 unspecified atom stereocenters. The van der Waals surface area contributed by atoms with E-state index in [1.54, 1.807) is 0 Å². The standard InChI is InChI=1S/C20H30N2O/c1-20(2,22-12-6-3-7-13-22)15-21-19(23)14-17-11-10-16-8-4-5-9-18(16)17/h4-5,8-9,17H,3,6-7,10-15H2,1-2H3,(H,21,23). The molecule has 1 N–H and O–H groups in total. The summed E-state index contributed by atoms with van der Waals surface area (Å²) in [6.07, 6.45) is 6.79. The van der Waals surface area contributed by atoms with Crippen molar-refractivity contribution in [3.63, 3.8) is 0 Å². The third-order valence-electron chi connectivity index (χ3n) is 5.62. The van der Waals surface area contributed by atoms with Crippen LogP contribution in [0.5, 0.6) is 0 Å². The van der Waals surface area contributed by atoms with Crippen LogP contribution in [0.1, 0.15) is 63.0 Å². The van der Waals surface area contributed by atoms with Gasteiger partial charge in [-0.15, -0.1) is 0 Å². The molecule has 1 aliphatic carbocycles. The minimum atomic E-state index is 0.0592. The molecule has 1 saturated heterocycles. The van der Waals surface area contributed by atoms with E-state index in [0.717, 1.165) is 19.4 Å². The lowest BCUT2D eigenvalue weighted by Crippen LogP contribution is -2.53. The second-order valence-electron chi connectivity index (χ2n) is 7.78. The van der Waals surface area contributed by atoms with Crippen molar-refractivity contribution in [2.24, 2.45) is 0 Å². The molecule has 1 aromatic rings. The lowest BCUT2D eigenvalue weighted by Gasteiger charge is -2.41. The van der Waals surface area contributed by atoms with Gasteiger partial charge in [-0.3, -0.25) is 9.69 Å². The average molecular weight is 314 g/mol. The zero-order valence-corrected chi connectivity index (χ0v) is 14.6. The Hall–Kier alpha value is -1.35. The first-order valence-corrected chi connectivity index (χ1v) is 9.16. The molecule has 1 fully saturated rings. The van der Waals surface area contributed by atoms with Gasteiger partial charge in [-0.1, -0.05) is 30.7 Å². The summed E-state index contributed by atoms with van der Waals surface area (Å²) in [6.45, 7) is 7.59. The number of carbonyl (C=O) groups excluding carboxylic acids is 1. The fourth-order valence-corrected chi connectivity index (χ4v) is 4.08. The number of piperidine rings is 1. The Kier molecular flexibility index (Phi) is 5.05. The summed E-state index contributed by atoms with van der Waals surface area (Å²) in [7, 11) is 0. The first-order chi connectivity index (χ1) is 11.1. The summed E-state index contributed by atoms with van der Waals surface area (Å²) in [5.41, 5.74) is 2.88. The van der Waals surface area contributed by atoms with Crippen molar-refractivity contribution in [2.75, 3.05) is 19.6 Å². The molecule has 3 nitrogen and oxygen atoms in total. The predicted octanol–water partition coefficient (Wildman–Crippen LogP) is 3.49. The van der Waals surface area contributed by atoms with Crippen LogP contribution in [0, 0.1) is 0 Å². The SMILES string of the molecule is CC(C)(CNC(=O)CC1CCc2ccccc21)N1CCCCC1. The number of nitrogens with zero attached hydrogens (tertiary/aromatic N) is 1. The van der Waals surface area contributed by atoms with E-state index in [0.29, 0.717) is 12.3 Å². The quantitative estimate of drug-likeness (QED) is 0.902. The van der Waals surface area contributed by atoms with E-state index in [1.807, 2.05) is 0 Å². The third kappa shape index (κ3) is 3.95. The molecule has 0 radical (unpaired) electrons. The van der Waals surface area contributed by atoms with Gasteiger partial charge in [-0.25, -0.2) is 0 Å². The van der Waals surface area contributed by atoms with E-state index in [9.17, 15) is 4.79 Å². The highest BCUT2D eigenvalue weighted by Gasteiger charge is 2.29. The Morgan fingerprint density at radius 1 is 1.22 bits per heavy atom. The first kappa shape index (κ1) is 16.5. The van der Waals surface area contributed by atoms with Gasteiger partial charge in [-0.05, 0) is 69.7 Å². The summed E-state index contributed by atoms with van der Waals surface area (Å²) >= 11 is 0. The molecule has 1 aliphatic heterocycles. The average Bonchev–Trinajstić information content (AvgIpc) is 2.97. The van der Waals surface area contributed by atoms with Crippen LogP contribution in [0.15, 0.2) is 24.3 Å². The molecule has 1 atom stereocenters. The lowest BCUT2D eigenvalue weighted by molar-refractivity contribution is -0.122. The molecular weight excluding hydrogens is 284 g/mol. The highest BCUT2D eigenvalue weighted by atomic mass is 16.1. The summed E-state index contributed by atoms with van der Waals surface area (Å²) in [4.78, 5) is 14.9. The molecule has 0 bridgehead atoms. The van der Waals surface area contributed by atoms with Crippen LogP contribution in [0.4, 0.5) is 0 Å². The number of fused-ring (bicyclic) bond motifs is 1. The van der Waals surface area contributed by atoms with Crippen LogP contribution >= 0.6 is 0 Å². The van der Waals surface area contributed by atoms with E-state index >= 15 is 0 Å². The molecule has 1 amide bonds. The van der Waals surface area contributed by atoms with Crippen LogP contribution in [-0.4, -0.2) is 36.0 Å². The number of hydrogen-bond acceptors (Lipinski definition) is 2. The topological polar surface area (TPSA) is 32.3 Å². The Balaban J connectivity index is 1.50. The van der Waals surface area contributed by atoms with Gasteiger partial charge in [0.25, 0.3) is 0 Å². The second-order valence-corrected chi connectivity index (χ2v) is 7.78. The van der Waals surface area contributed by atoms with Gasteiger partial charge in [0.05, 0.1) is 0 Å². The molecule has 3 rings (SSSR count). The minimum absolute atomic E-state index is 0.0592. The van der Waals surface area contributed by atoms with Crippen LogP contribution in [0.2, 0.25) is 0 Å². The molecule has 0 saturated carbocycles. The number of nitrogens with one attached hydrogen (secondary N) is 1. The molecule has 3 heteroatoms. The predicted molar refractivity (Wildman–Crippen MR) is 94.6 cm³/mol. The van der Waals surface area contributed by atoms with Crippen LogP contribution < -0.4 is 5.32 Å². The normalized spacial score (nSPS) is 21.9. The van der Waals surface area contributed by atoms with Gasteiger partial charge < -0.3 is 5.32 Å². The Morgan fingerprint density at radius 3 is 2.74 bits per heavy atom. The summed E-state index contributed by atoms with van der Waals surface area (Å²) < 4.78 is 0. The van der Waals surface area contributed by atoms with E-state index < -0.39 is 0 Å². The molecule has 126 valence electrons. The molecule has 2 aliphatic rings. The van der Waals surface area contributed by atoms with Crippen molar-refractivity contribution < 1.29 is 4.79 Å². The van der Waals surface area contributed by atoms with E-state index in [4.69, 9.17) is 0 Å². The lowest BCUT2D eigenvalue weighted by atomic mass is 9.96. The summed E-state index contributed by atoms with van der Waals surface area (Å²) in [5.74, 6) is 0.612. The Morgan fingerprint density at radius 2 is 1.96 bits per heavy atom. The maximum absolute atomic E-state index is 12.4. The largest absolute Gasteiger partial charge is 0.354 e. The fourth-order valence-electron chi connectivity index (χ4n) is 4.08. The number of likely N-dealkylation sites (tertiary alicyclic amines) is 1. The van der Waals surface area contributed by atoms with Gasteiger partial charge >= 0.3 is 0 Å². The highest BCUT2D eigenvalue weighted by molar-refractivity contribution is 5.77. The minimum Gasteiger partial charge on any atom is -0.354 e. The van der Waals surface area contributed by atoms with Crippen LogP contribution in [0.25, 0.3) is 0 Å². The summed E-state index contributed by atoms with van der Waals surface area (Å²) in [6, 6.07) is 8.58. The van der Waals surface area contributed by atoms with Crippen molar-refractivity contribution in [2.45, 2.75) is 63.8 Å². The fraction of sp³-hybridized carbons (Fsp3) is 0.650. The second kappa shape index (κ2) is 7.04. The van der Waals surface area contributed by atoms with Crippen LogP contribution in [-0.2, 0) is 11.2 Å². The molecule has 1 heterocycles. The van der Waals surface area contributed by atoms with Crippen molar-refractivity contribution in [1.82, 2.24) is 10.2 Å². The van der Waals surface area contributed by atoms with Gasteiger partial charge in [0.1, 0.15) is 0 Å². The molecule has 0 spiro atoms. The molecular formula is C20H30N2O. The zero-order chi connectivity index (χ0) is 16.3.